The molecule has 2 atom stereocenters. The Hall–Kier alpha value is -1.14. The number of halogens is 1. The summed E-state index contributed by atoms with van der Waals surface area (Å²) in [4.78, 5) is 36.6. The van der Waals surface area contributed by atoms with Crippen LogP contribution in [0.3, 0.4) is 0 Å². The van der Waals surface area contributed by atoms with Crippen LogP contribution in [0.2, 0.25) is 0 Å². The van der Waals surface area contributed by atoms with Crippen LogP contribution >= 0.6 is 12.4 Å². The third kappa shape index (κ3) is 3.86. The highest BCUT2D eigenvalue weighted by Gasteiger charge is 2.40. The minimum Gasteiger partial charge on any atom is -0.354 e. The quantitative estimate of drug-likeness (QED) is 0.739. The van der Waals surface area contributed by atoms with Gasteiger partial charge in [-0.25, -0.2) is 0 Å². The Labute approximate surface area is 142 Å². The van der Waals surface area contributed by atoms with Gasteiger partial charge in [-0.3, -0.25) is 19.3 Å². The summed E-state index contributed by atoms with van der Waals surface area (Å²) < 4.78 is 0. The molecular formula is C16H26ClN3O3. The molecule has 1 saturated heterocycles. The fourth-order valence-electron chi connectivity index (χ4n) is 4.31. The second-order valence-electron chi connectivity index (χ2n) is 6.93. The van der Waals surface area contributed by atoms with E-state index in [1.54, 1.807) is 0 Å². The molecule has 1 heterocycles. The maximum atomic E-state index is 12.3. The van der Waals surface area contributed by atoms with E-state index in [-0.39, 0.29) is 42.1 Å². The van der Waals surface area contributed by atoms with E-state index < -0.39 is 0 Å². The first-order valence-corrected chi connectivity index (χ1v) is 8.42. The minimum absolute atomic E-state index is 0. The van der Waals surface area contributed by atoms with Crippen LogP contribution in [0.5, 0.6) is 0 Å². The van der Waals surface area contributed by atoms with Crippen LogP contribution in [0.4, 0.5) is 0 Å². The fourth-order valence-corrected chi connectivity index (χ4v) is 4.31. The Morgan fingerprint density at radius 3 is 2.26 bits per heavy atom. The molecule has 3 fully saturated rings. The molecule has 2 aliphatic carbocycles. The average Bonchev–Trinajstić information content (AvgIpc) is 2.78. The number of carbonyl (C=O) groups is 3. The van der Waals surface area contributed by atoms with Crippen molar-refractivity contribution in [3.8, 4) is 0 Å². The normalized spacial score (nSPS) is 33.3. The van der Waals surface area contributed by atoms with Crippen molar-refractivity contribution in [2.45, 2.75) is 51.0 Å². The number of hydrogen-bond donors (Lipinski definition) is 2. The summed E-state index contributed by atoms with van der Waals surface area (Å²) in [5, 5.41) is 2.90. The van der Waals surface area contributed by atoms with Gasteiger partial charge in [0.15, 0.2) is 0 Å². The SMILES string of the molecule is Cl.NC1C2CCCC1CC(C(=O)NCCN1C(=O)CCC1=O)C2. The number of amides is 3. The zero-order chi connectivity index (χ0) is 15.7. The Balaban J connectivity index is 0.00000192. The lowest BCUT2D eigenvalue weighted by Gasteiger charge is -2.43. The lowest BCUT2D eigenvalue weighted by atomic mass is 9.65. The summed E-state index contributed by atoms with van der Waals surface area (Å²) in [6, 6.07) is 0.262. The molecule has 2 bridgehead atoms. The molecule has 23 heavy (non-hydrogen) atoms. The van der Waals surface area contributed by atoms with E-state index in [1.165, 1.54) is 11.3 Å². The van der Waals surface area contributed by atoms with Gasteiger partial charge in [-0.1, -0.05) is 6.42 Å². The van der Waals surface area contributed by atoms with Crippen molar-refractivity contribution in [3.63, 3.8) is 0 Å². The number of rotatable bonds is 4. The molecule has 2 saturated carbocycles. The third-order valence-electron chi connectivity index (χ3n) is 5.57. The van der Waals surface area contributed by atoms with Gasteiger partial charge in [0.25, 0.3) is 0 Å². The van der Waals surface area contributed by atoms with Crippen LogP contribution in [-0.2, 0) is 14.4 Å². The number of nitrogens with two attached hydrogens (primary N) is 1. The number of nitrogens with zero attached hydrogens (tertiary/aromatic N) is 1. The molecule has 0 spiro atoms. The number of nitrogens with one attached hydrogen (secondary N) is 1. The Kier molecular flexibility index (Phi) is 6.03. The number of fused-ring (bicyclic) bond motifs is 2. The average molecular weight is 344 g/mol. The van der Waals surface area contributed by atoms with Crippen LogP contribution in [0, 0.1) is 17.8 Å². The second kappa shape index (κ2) is 7.62. The summed E-state index contributed by atoms with van der Waals surface area (Å²) in [6.07, 6.45) is 5.87. The van der Waals surface area contributed by atoms with Crippen molar-refractivity contribution in [1.82, 2.24) is 10.2 Å². The highest BCUT2D eigenvalue weighted by molar-refractivity contribution is 6.01. The van der Waals surface area contributed by atoms with Crippen molar-refractivity contribution in [3.05, 3.63) is 0 Å². The van der Waals surface area contributed by atoms with E-state index in [1.807, 2.05) is 0 Å². The van der Waals surface area contributed by atoms with Gasteiger partial charge in [0.05, 0.1) is 0 Å². The third-order valence-corrected chi connectivity index (χ3v) is 5.57. The van der Waals surface area contributed by atoms with Crippen LogP contribution in [0.25, 0.3) is 0 Å². The topological polar surface area (TPSA) is 92.5 Å². The highest BCUT2D eigenvalue weighted by Crippen LogP contribution is 2.41. The van der Waals surface area contributed by atoms with Crippen LogP contribution < -0.4 is 11.1 Å². The van der Waals surface area contributed by atoms with Crippen molar-refractivity contribution in [2.24, 2.45) is 23.5 Å². The molecule has 0 aromatic carbocycles. The summed E-state index contributed by atoms with van der Waals surface area (Å²) >= 11 is 0. The smallest absolute Gasteiger partial charge is 0.229 e. The molecule has 3 aliphatic rings. The molecule has 7 heteroatoms. The molecule has 3 amide bonds. The van der Waals surface area contributed by atoms with Gasteiger partial charge < -0.3 is 11.1 Å². The van der Waals surface area contributed by atoms with Gasteiger partial charge in [0, 0.05) is 37.9 Å². The maximum absolute atomic E-state index is 12.3. The maximum Gasteiger partial charge on any atom is 0.229 e. The van der Waals surface area contributed by atoms with E-state index in [2.05, 4.69) is 5.32 Å². The molecule has 130 valence electrons. The fraction of sp³-hybridized carbons (Fsp3) is 0.812. The molecule has 1 aliphatic heterocycles. The molecule has 6 nitrogen and oxygen atoms in total. The lowest BCUT2D eigenvalue weighted by molar-refractivity contribution is -0.139. The monoisotopic (exact) mass is 343 g/mol. The summed E-state index contributed by atoms with van der Waals surface area (Å²) in [5.74, 6) is 0.799. The first kappa shape index (κ1) is 18.2. The Morgan fingerprint density at radius 2 is 1.70 bits per heavy atom. The number of likely N-dealkylation sites (tertiary alicyclic amines) is 1. The van der Waals surface area contributed by atoms with Crippen LogP contribution in [-0.4, -0.2) is 41.8 Å². The predicted octanol–water partition coefficient (Wildman–Crippen LogP) is 0.827. The predicted molar refractivity (Wildman–Crippen MR) is 87.7 cm³/mol. The van der Waals surface area contributed by atoms with Gasteiger partial charge in [0.1, 0.15) is 0 Å². The highest BCUT2D eigenvalue weighted by atomic mass is 35.5. The van der Waals surface area contributed by atoms with Gasteiger partial charge in [-0.2, -0.15) is 0 Å². The van der Waals surface area contributed by atoms with Gasteiger partial charge >= 0.3 is 0 Å². The van der Waals surface area contributed by atoms with Crippen molar-refractivity contribution >= 4 is 30.1 Å². The van der Waals surface area contributed by atoms with Crippen LogP contribution in [0.15, 0.2) is 0 Å². The Morgan fingerprint density at radius 1 is 1.13 bits per heavy atom. The molecule has 3 N–H and O–H groups in total. The largest absolute Gasteiger partial charge is 0.354 e. The molecule has 0 aromatic heterocycles. The first-order chi connectivity index (χ1) is 10.6. The zero-order valence-corrected chi connectivity index (χ0v) is 14.1. The number of hydrogen-bond acceptors (Lipinski definition) is 4. The minimum atomic E-state index is -0.127. The summed E-state index contributed by atoms with van der Waals surface area (Å²) in [7, 11) is 0. The van der Waals surface area contributed by atoms with E-state index in [0.717, 1.165) is 25.7 Å². The van der Waals surface area contributed by atoms with E-state index >= 15 is 0 Å². The molecule has 2 unspecified atom stereocenters. The van der Waals surface area contributed by atoms with Crippen molar-refractivity contribution < 1.29 is 14.4 Å². The van der Waals surface area contributed by atoms with E-state index in [0.29, 0.717) is 37.8 Å². The molecule has 3 rings (SSSR count). The molecule has 0 aromatic rings. The molecular weight excluding hydrogens is 318 g/mol. The number of imide groups is 1. The van der Waals surface area contributed by atoms with Gasteiger partial charge in [0.2, 0.25) is 17.7 Å². The number of carbonyl (C=O) groups excluding carboxylic acids is 3. The zero-order valence-electron chi connectivity index (χ0n) is 13.3. The second-order valence-corrected chi connectivity index (χ2v) is 6.93. The van der Waals surface area contributed by atoms with Gasteiger partial charge in [-0.15, -0.1) is 12.4 Å². The van der Waals surface area contributed by atoms with Gasteiger partial charge in [-0.05, 0) is 37.5 Å². The lowest BCUT2D eigenvalue weighted by Crippen LogP contribution is -2.49. The van der Waals surface area contributed by atoms with E-state index in [4.69, 9.17) is 5.73 Å². The van der Waals surface area contributed by atoms with Crippen LogP contribution in [0.1, 0.15) is 44.9 Å². The summed E-state index contributed by atoms with van der Waals surface area (Å²) in [6.45, 7) is 0.650. The van der Waals surface area contributed by atoms with Crippen molar-refractivity contribution in [2.75, 3.05) is 13.1 Å². The van der Waals surface area contributed by atoms with E-state index in [9.17, 15) is 14.4 Å². The molecule has 0 radical (unpaired) electrons. The summed E-state index contributed by atoms with van der Waals surface area (Å²) in [5.41, 5.74) is 6.25. The standard InChI is InChI=1S/C16H25N3O3.ClH/c17-15-10-2-1-3-11(15)9-12(8-10)16(22)18-6-7-19-13(20)4-5-14(19)21;/h10-12,15H,1-9,17H2,(H,18,22);1H. The van der Waals surface area contributed by atoms with Crippen molar-refractivity contribution in [1.29, 1.82) is 0 Å². The Bertz CT molecular complexity index is 455. The first-order valence-electron chi connectivity index (χ1n) is 8.42.